The molecule has 1 aliphatic carbocycles. The summed E-state index contributed by atoms with van der Waals surface area (Å²) < 4.78 is 0. The highest BCUT2D eigenvalue weighted by Gasteiger charge is 2.27. The lowest BCUT2D eigenvalue weighted by Gasteiger charge is -2.26. The normalized spacial score (nSPS) is 18.7. The van der Waals surface area contributed by atoms with Gasteiger partial charge in [-0.25, -0.2) is 0 Å². The molecule has 0 aromatic carbocycles. The first-order chi connectivity index (χ1) is 6.66. The van der Waals surface area contributed by atoms with Gasteiger partial charge in [0.25, 0.3) is 0 Å². The van der Waals surface area contributed by atoms with Gasteiger partial charge in [-0.1, -0.05) is 19.8 Å². The van der Waals surface area contributed by atoms with Crippen molar-refractivity contribution in [1.82, 2.24) is 0 Å². The highest BCUT2D eigenvalue weighted by atomic mass is 127. The lowest BCUT2D eigenvalue weighted by Crippen LogP contribution is -2.22. The van der Waals surface area contributed by atoms with Crippen LogP contribution < -0.4 is 0 Å². The maximum atomic E-state index is 11.0. The van der Waals surface area contributed by atoms with Crippen molar-refractivity contribution in [3.05, 3.63) is 0 Å². The molecule has 1 aliphatic rings. The summed E-state index contributed by atoms with van der Waals surface area (Å²) in [6, 6.07) is 0. The fraction of sp³-hybridized carbons (Fsp3) is 0.727. The second kappa shape index (κ2) is 7.58. The van der Waals surface area contributed by atoms with E-state index in [1.165, 1.54) is 8.93 Å². The van der Waals surface area contributed by atoms with Crippen molar-refractivity contribution < 1.29 is 4.79 Å². The zero-order chi connectivity index (χ0) is 11.0. The summed E-state index contributed by atoms with van der Waals surface area (Å²) in [4.78, 5) is 11.0. The maximum Gasteiger partial charge on any atom is 0.133 e. The molecular weight excluding hydrogens is 307 g/mol. The molecule has 0 heterocycles. The van der Waals surface area contributed by atoms with Crippen LogP contribution in [-0.4, -0.2) is 5.78 Å². The Bertz CT molecular complexity index is 229. The lowest BCUT2D eigenvalue weighted by molar-refractivity contribution is -0.121. The third kappa shape index (κ3) is 5.26. The van der Waals surface area contributed by atoms with Crippen molar-refractivity contribution in [2.24, 2.45) is 5.41 Å². The summed E-state index contributed by atoms with van der Waals surface area (Å²) in [5.74, 6) is 3.62. The average molecular weight is 324 g/mol. The fourth-order valence-corrected chi connectivity index (χ4v) is 1.96. The molecule has 1 fully saturated rings. The SMILES string of the molecule is CC.CC1(C#CSI)CCC(=O)CC1. The van der Waals surface area contributed by atoms with Crippen LogP contribution >= 0.6 is 30.1 Å². The molecule has 0 amide bonds. The maximum absolute atomic E-state index is 11.0. The third-order valence-corrected chi connectivity index (χ3v) is 3.14. The largest absolute Gasteiger partial charge is 0.300 e. The molecular formula is C11H17IOS. The Hall–Kier alpha value is 0.310. The third-order valence-electron chi connectivity index (χ3n) is 2.30. The highest BCUT2D eigenvalue weighted by Crippen LogP contribution is 2.33. The number of rotatable bonds is 0. The highest BCUT2D eigenvalue weighted by molar-refractivity contribution is 14.2. The van der Waals surface area contributed by atoms with E-state index < -0.39 is 0 Å². The van der Waals surface area contributed by atoms with Gasteiger partial charge < -0.3 is 0 Å². The monoisotopic (exact) mass is 324 g/mol. The molecule has 1 nitrogen and oxygen atoms in total. The second-order valence-electron chi connectivity index (χ2n) is 3.40. The van der Waals surface area contributed by atoms with Crippen LogP contribution in [0.15, 0.2) is 0 Å². The molecule has 80 valence electrons. The Labute approximate surface area is 103 Å². The van der Waals surface area contributed by atoms with Gasteiger partial charge in [-0.05, 0) is 34.0 Å². The average Bonchev–Trinajstić information content (AvgIpc) is 2.23. The zero-order valence-electron chi connectivity index (χ0n) is 9.02. The van der Waals surface area contributed by atoms with Gasteiger partial charge in [-0.15, -0.1) is 0 Å². The number of halogens is 1. The van der Waals surface area contributed by atoms with Crippen molar-refractivity contribution in [2.45, 2.75) is 46.5 Å². The summed E-state index contributed by atoms with van der Waals surface area (Å²) in [5.41, 5.74) is 0.103. The number of carbonyl (C=O) groups excluding carboxylic acids is 1. The van der Waals surface area contributed by atoms with Gasteiger partial charge in [0, 0.05) is 39.5 Å². The van der Waals surface area contributed by atoms with E-state index in [1.807, 2.05) is 13.8 Å². The number of Topliss-reactive ketones (excluding diaryl/α,β-unsaturated/α-hetero) is 1. The summed E-state index contributed by atoms with van der Waals surface area (Å²) in [5, 5.41) is 3.02. The molecule has 0 atom stereocenters. The Morgan fingerprint density at radius 3 is 2.29 bits per heavy atom. The van der Waals surface area contributed by atoms with E-state index in [1.54, 1.807) is 0 Å². The van der Waals surface area contributed by atoms with Gasteiger partial charge in [0.05, 0.1) is 0 Å². The first-order valence-electron chi connectivity index (χ1n) is 4.98. The smallest absolute Gasteiger partial charge is 0.133 e. The predicted octanol–water partition coefficient (Wildman–Crippen LogP) is 4.21. The van der Waals surface area contributed by atoms with Crippen LogP contribution in [0.2, 0.25) is 0 Å². The Morgan fingerprint density at radius 1 is 1.36 bits per heavy atom. The van der Waals surface area contributed by atoms with Gasteiger partial charge in [0.1, 0.15) is 5.78 Å². The van der Waals surface area contributed by atoms with Crippen LogP contribution in [-0.2, 0) is 4.79 Å². The lowest BCUT2D eigenvalue weighted by atomic mass is 9.76. The van der Waals surface area contributed by atoms with E-state index >= 15 is 0 Å². The van der Waals surface area contributed by atoms with E-state index in [0.29, 0.717) is 5.78 Å². The van der Waals surface area contributed by atoms with Crippen molar-refractivity contribution in [1.29, 1.82) is 0 Å². The molecule has 0 saturated heterocycles. The van der Waals surface area contributed by atoms with E-state index in [9.17, 15) is 4.79 Å². The van der Waals surface area contributed by atoms with Crippen LogP contribution in [0.3, 0.4) is 0 Å². The van der Waals surface area contributed by atoms with E-state index in [0.717, 1.165) is 25.7 Å². The molecule has 0 radical (unpaired) electrons. The van der Waals surface area contributed by atoms with Crippen molar-refractivity contribution in [3.63, 3.8) is 0 Å². The first-order valence-corrected chi connectivity index (χ1v) is 8.34. The van der Waals surface area contributed by atoms with Gasteiger partial charge in [0.2, 0.25) is 0 Å². The molecule has 0 unspecified atom stereocenters. The molecule has 0 aromatic rings. The second-order valence-corrected chi connectivity index (χ2v) is 5.08. The number of hydrogen-bond donors (Lipinski definition) is 0. The van der Waals surface area contributed by atoms with Gasteiger partial charge in [-0.3, -0.25) is 4.79 Å². The Balaban J connectivity index is 0.000000791. The molecule has 0 bridgehead atoms. The number of hydrogen-bond acceptors (Lipinski definition) is 2. The first kappa shape index (κ1) is 14.3. The summed E-state index contributed by atoms with van der Waals surface area (Å²) >= 11 is 2.17. The molecule has 0 N–H and O–H groups in total. The van der Waals surface area contributed by atoms with Crippen molar-refractivity contribution in [3.8, 4) is 11.2 Å². The molecule has 0 spiro atoms. The fourth-order valence-electron chi connectivity index (χ4n) is 1.35. The van der Waals surface area contributed by atoms with Gasteiger partial charge in [0.15, 0.2) is 0 Å². The van der Waals surface area contributed by atoms with Crippen LogP contribution in [0.5, 0.6) is 0 Å². The van der Waals surface area contributed by atoms with Crippen LogP contribution in [0, 0.1) is 16.6 Å². The van der Waals surface area contributed by atoms with E-state index in [-0.39, 0.29) is 5.41 Å². The van der Waals surface area contributed by atoms with Crippen LogP contribution in [0.25, 0.3) is 0 Å². The molecule has 0 aromatic heterocycles. The zero-order valence-corrected chi connectivity index (χ0v) is 12.0. The summed E-state index contributed by atoms with van der Waals surface area (Å²) in [7, 11) is 1.52. The molecule has 1 saturated carbocycles. The topological polar surface area (TPSA) is 17.1 Å². The van der Waals surface area contributed by atoms with Gasteiger partial charge >= 0.3 is 0 Å². The molecule has 3 heteroatoms. The summed E-state index contributed by atoms with van der Waals surface area (Å²) in [6.07, 6.45) is 3.32. The summed E-state index contributed by atoms with van der Waals surface area (Å²) in [6.45, 7) is 6.15. The molecule has 14 heavy (non-hydrogen) atoms. The molecule has 1 rings (SSSR count). The number of ketones is 1. The van der Waals surface area contributed by atoms with Crippen LogP contribution in [0.4, 0.5) is 0 Å². The number of carbonyl (C=O) groups is 1. The molecule has 0 aliphatic heterocycles. The Morgan fingerprint density at radius 2 is 1.86 bits per heavy atom. The van der Waals surface area contributed by atoms with E-state index in [4.69, 9.17) is 0 Å². The minimum atomic E-state index is 0.103. The standard InChI is InChI=1S/C9H11IOS.C2H6/c1-9(6-7-12-10)4-2-8(11)3-5-9;1-2/h2-5H2,1H3;1-2H3. The van der Waals surface area contributed by atoms with Gasteiger partial charge in [-0.2, -0.15) is 0 Å². The Kier molecular flexibility index (Phi) is 7.75. The quantitative estimate of drug-likeness (QED) is 0.490. The van der Waals surface area contributed by atoms with Crippen molar-refractivity contribution in [2.75, 3.05) is 0 Å². The minimum absolute atomic E-state index is 0.103. The van der Waals surface area contributed by atoms with Crippen LogP contribution in [0.1, 0.15) is 46.5 Å². The predicted molar refractivity (Wildman–Crippen MR) is 72.3 cm³/mol. The van der Waals surface area contributed by atoms with Crippen molar-refractivity contribution >= 4 is 35.9 Å². The minimum Gasteiger partial charge on any atom is -0.300 e. The van der Waals surface area contributed by atoms with E-state index in [2.05, 4.69) is 39.3 Å².